The molecule has 0 aliphatic carbocycles. The molecule has 7 rings (SSSR count). The van der Waals surface area contributed by atoms with Crippen LogP contribution in [-0.2, 0) is 0 Å². The molecule has 4 heterocycles. The molecule has 0 amide bonds. The summed E-state index contributed by atoms with van der Waals surface area (Å²) in [6, 6.07) is 19.3. The van der Waals surface area contributed by atoms with Gasteiger partial charge < -0.3 is 19.0 Å². The topological polar surface area (TPSA) is 112 Å². The van der Waals surface area contributed by atoms with Gasteiger partial charge in [-0.05, 0) is 42.0 Å². The summed E-state index contributed by atoms with van der Waals surface area (Å²) in [5.74, 6) is 0.584. The van der Waals surface area contributed by atoms with E-state index in [0.29, 0.717) is 61.2 Å². The maximum absolute atomic E-state index is 13.5. The van der Waals surface area contributed by atoms with Gasteiger partial charge in [-0.3, -0.25) is 0 Å². The number of ether oxygens (including phenoxy) is 2. The third kappa shape index (κ3) is 3.25. The van der Waals surface area contributed by atoms with Crippen molar-refractivity contribution in [3.8, 4) is 34.5 Å². The summed E-state index contributed by atoms with van der Waals surface area (Å²) < 4.78 is 18.6. The third-order valence-corrected chi connectivity index (χ3v) is 6.96. The first-order valence-corrected chi connectivity index (χ1v) is 12.0. The molecule has 3 aromatic carbocycles. The van der Waals surface area contributed by atoms with Gasteiger partial charge in [0.15, 0.2) is 28.7 Å². The highest BCUT2D eigenvalue weighted by Gasteiger charge is 2.38. The van der Waals surface area contributed by atoms with Gasteiger partial charge >= 0.3 is 5.63 Å². The molecule has 0 bridgehead atoms. The fourth-order valence-corrected chi connectivity index (χ4v) is 5.15. The standard InChI is InChI=1S/C28H17ClN4O5/c1-36-20-11-10-14(12-18(20)34)25-31-26-23-21(15-6-2-4-8-17(15)29)22-24(38-27(23)30-13-33(26)32-25)16-7-3-5-9-19(16)37-28(22)35/h2-13,21,34H,1H3. The van der Waals surface area contributed by atoms with Crippen molar-refractivity contribution < 1.29 is 19.0 Å². The lowest BCUT2D eigenvalue weighted by Crippen LogP contribution is -2.22. The first kappa shape index (κ1) is 22.3. The van der Waals surface area contributed by atoms with Gasteiger partial charge in [0, 0.05) is 10.6 Å². The summed E-state index contributed by atoms with van der Waals surface area (Å²) in [6.45, 7) is 0. The molecular formula is C28H17ClN4O5. The number of rotatable bonds is 3. The molecule has 1 aliphatic rings. The minimum absolute atomic E-state index is 0.0419. The van der Waals surface area contributed by atoms with E-state index < -0.39 is 11.5 Å². The predicted octanol–water partition coefficient (Wildman–Crippen LogP) is 5.55. The molecule has 186 valence electrons. The number of halogens is 1. The Kier molecular flexibility index (Phi) is 4.89. The second-order valence-electron chi connectivity index (χ2n) is 8.74. The van der Waals surface area contributed by atoms with Crippen molar-refractivity contribution in [2.24, 2.45) is 0 Å². The Balaban J connectivity index is 1.52. The highest BCUT2D eigenvalue weighted by Crippen LogP contribution is 2.50. The zero-order valence-electron chi connectivity index (χ0n) is 19.8. The zero-order chi connectivity index (χ0) is 26.0. The largest absolute Gasteiger partial charge is 0.504 e. The summed E-state index contributed by atoms with van der Waals surface area (Å²) in [4.78, 5) is 22.8. The predicted molar refractivity (Wildman–Crippen MR) is 139 cm³/mol. The van der Waals surface area contributed by atoms with Crippen molar-refractivity contribution in [1.82, 2.24) is 19.6 Å². The number of phenols is 1. The molecule has 0 saturated heterocycles. The molecule has 10 heteroatoms. The first-order chi connectivity index (χ1) is 18.5. The fraction of sp³-hybridized carbons (Fsp3) is 0.0714. The van der Waals surface area contributed by atoms with Crippen LogP contribution in [0, 0.1) is 0 Å². The SMILES string of the molecule is COc1ccc(-c2nc3c4c(ncn3n2)Oc2c(c(=O)oc3ccccc23)C4c2ccccc2Cl)cc1O. The van der Waals surface area contributed by atoms with Gasteiger partial charge in [-0.15, -0.1) is 5.10 Å². The molecule has 3 aromatic heterocycles. The Morgan fingerprint density at radius 3 is 2.68 bits per heavy atom. The van der Waals surface area contributed by atoms with Gasteiger partial charge in [-0.2, -0.15) is 0 Å². The third-order valence-electron chi connectivity index (χ3n) is 6.62. The Bertz CT molecular complexity index is 1970. The number of hydrogen-bond donors (Lipinski definition) is 1. The van der Waals surface area contributed by atoms with Crippen LogP contribution >= 0.6 is 11.6 Å². The van der Waals surface area contributed by atoms with E-state index in [-0.39, 0.29) is 11.6 Å². The molecule has 0 saturated carbocycles. The van der Waals surface area contributed by atoms with Crippen LogP contribution in [0.5, 0.6) is 23.1 Å². The second-order valence-corrected chi connectivity index (χ2v) is 9.15. The van der Waals surface area contributed by atoms with Crippen LogP contribution in [0.25, 0.3) is 28.0 Å². The van der Waals surface area contributed by atoms with E-state index in [9.17, 15) is 9.90 Å². The van der Waals surface area contributed by atoms with Gasteiger partial charge in [0.2, 0.25) is 5.88 Å². The average molecular weight is 525 g/mol. The number of nitrogens with zero attached hydrogens (tertiary/aromatic N) is 4. The van der Waals surface area contributed by atoms with E-state index in [0.717, 1.165) is 0 Å². The maximum atomic E-state index is 13.5. The van der Waals surface area contributed by atoms with Crippen LogP contribution < -0.4 is 15.1 Å². The van der Waals surface area contributed by atoms with Crippen LogP contribution in [0.2, 0.25) is 5.02 Å². The smallest absolute Gasteiger partial charge is 0.344 e. The molecule has 1 aliphatic heterocycles. The molecule has 0 fully saturated rings. The van der Waals surface area contributed by atoms with E-state index in [1.807, 2.05) is 30.3 Å². The van der Waals surface area contributed by atoms with Gasteiger partial charge in [0.25, 0.3) is 0 Å². The number of fused-ring (bicyclic) bond motifs is 6. The van der Waals surface area contributed by atoms with E-state index >= 15 is 0 Å². The van der Waals surface area contributed by atoms with Gasteiger partial charge in [-0.1, -0.05) is 41.9 Å². The van der Waals surface area contributed by atoms with Crippen molar-refractivity contribution in [3.63, 3.8) is 0 Å². The highest BCUT2D eigenvalue weighted by molar-refractivity contribution is 6.31. The number of benzene rings is 3. The Labute approximate surface area is 219 Å². The summed E-state index contributed by atoms with van der Waals surface area (Å²) in [6.07, 6.45) is 1.50. The molecular weight excluding hydrogens is 508 g/mol. The molecule has 6 aromatic rings. The summed E-state index contributed by atoms with van der Waals surface area (Å²) >= 11 is 6.68. The summed E-state index contributed by atoms with van der Waals surface area (Å²) in [5.41, 5.74) is 2.34. The summed E-state index contributed by atoms with van der Waals surface area (Å²) in [5, 5.41) is 16.0. The van der Waals surface area contributed by atoms with Crippen LogP contribution in [0.1, 0.15) is 22.6 Å². The molecule has 38 heavy (non-hydrogen) atoms. The average Bonchev–Trinajstić information content (AvgIpc) is 3.37. The molecule has 0 radical (unpaired) electrons. The van der Waals surface area contributed by atoms with Gasteiger partial charge in [0.05, 0.1) is 29.5 Å². The molecule has 1 N–H and O–H groups in total. The molecule has 0 spiro atoms. The zero-order valence-corrected chi connectivity index (χ0v) is 20.5. The lowest BCUT2D eigenvalue weighted by Gasteiger charge is -2.27. The van der Waals surface area contributed by atoms with Crippen molar-refractivity contribution in [3.05, 3.63) is 105 Å². The van der Waals surface area contributed by atoms with Crippen LogP contribution in [0.4, 0.5) is 0 Å². The van der Waals surface area contributed by atoms with Gasteiger partial charge in [0.1, 0.15) is 11.9 Å². The lowest BCUT2D eigenvalue weighted by atomic mass is 9.84. The number of aromatic hydroxyl groups is 1. The van der Waals surface area contributed by atoms with Crippen molar-refractivity contribution in [2.75, 3.05) is 7.11 Å². The second kappa shape index (κ2) is 8.32. The van der Waals surface area contributed by atoms with Crippen molar-refractivity contribution in [2.45, 2.75) is 5.92 Å². The van der Waals surface area contributed by atoms with Crippen LogP contribution in [-0.4, -0.2) is 31.8 Å². The van der Waals surface area contributed by atoms with Gasteiger partial charge in [-0.25, -0.2) is 19.3 Å². The highest BCUT2D eigenvalue weighted by atomic mass is 35.5. The monoisotopic (exact) mass is 524 g/mol. The number of methoxy groups -OCH3 is 1. The number of para-hydroxylation sites is 1. The van der Waals surface area contributed by atoms with E-state index in [1.54, 1.807) is 30.3 Å². The maximum Gasteiger partial charge on any atom is 0.344 e. The number of hydrogen-bond acceptors (Lipinski definition) is 8. The fourth-order valence-electron chi connectivity index (χ4n) is 4.90. The first-order valence-electron chi connectivity index (χ1n) is 11.6. The minimum atomic E-state index is -0.694. The van der Waals surface area contributed by atoms with Crippen LogP contribution in [0.15, 0.2) is 82.3 Å². The normalized spacial score (nSPS) is 14.2. The summed E-state index contributed by atoms with van der Waals surface area (Å²) in [7, 11) is 1.47. The Hall–Kier alpha value is -4.89. The quantitative estimate of drug-likeness (QED) is 0.299. The molecule has 9 nitrogen and oxygen atoms in total. The van der Waals surface area contributed by atoms with E-state index in [2.05, 4.69) is 10.1 Å². The molecule has 1 atom stereocenters. The van der Waals surface area contributed by atoms with Crippen molar-refractivity contribution >= 4 is 28.2 Å². The van der Waals surface area contributed by atoms with E-state index in [1.165, 1.54) is 24.0 Å². The Morgan fingerprint density at radius 2 is 1.87 bits per heavy atom. The van der Waals surface area contributed by atoms with Crippen LogP contribution in [0.3, 0.4) is 0 Å². The number of aromatic nitrogens is 4. The van der Waals surface area contributed by atoms with E-state index in [4.69, 9.17) is 30.5 Å². The lowest BCUT2D eigenvalue weighted by molar-refractivity contribution is 0.373. The Morgan fingerprint density at radius 1 is 1.05 bits per heavy atom. The van der Waals surface area contributed by atoms with Crippen molar-refractivity contribution in [1.29, 1.82) is 0 Å². The molecule has 1 unspecified atom stereocenters. The number of phenolic OH excluding ortho intramolecular Hbond substituents is 1. The minimum Gasteiger partial charge on any atom is -0.504 e.